The lowest BCUT2D eigenvalue weighted by atomic mass is 10.1. The molecule has 1 aliphatic carbocycles. The Labute approximate surface area is 215 Å². The molecule has 0 spiro atoms. The van der Waals surface area contributed by atoms with Crippen LogP contribution < -0.4 is 15.4 Å². The van der Waals surface area contributed by atoms with Crippen LogP contribution in [-0.2, 0) is 4.79 Å². The zero-order valence-corrected chi connectivity index (χ0v) is 21.5. The molecule has 4 rings (SSSR count). The minimum Gasteiger partial charge on any atom is -0.488 e. The van der Waals surface area contributed by atoms with Crippen molar-refractivity contribution in [3.05, 3.63) is 59.7 Å². The van der Waals surface area contributed by atoms with E-state index in [2.05, 4.69) is 39.3 Å². The molecule has 9 heteroatoms. The van der Waals surface area contributed by atoms with Gasteiger partial charge in [0.2, 0.25) is 5.91 Å². The monoisotopic (exact) mass is 511 g/mol. The first-order chi connectivity index (χ1) is 17.3. The molecule has 2 N–H and O–H groups in total. The normalized spacial score (nSPS) is 14.3. The SMILES string of the molecule is CC(C)N(C)C/C=C/C(=O)Nc1cc2c(Nc3ccc(F)c(Cl)c3)ncnc2cc1OC1CCCC1. The minimum absolute atomic E-state index is 0.00784. The van der Waals surface area contributed by atoms with Gasteiger partial charge in [0, 0.05) is 35.8 Å². The minimum atomic E-state index is -0.499. The molecule has 2 aromatic carbocycles. The maximum atomic E-state index is 13.6. The summed E-state index contributed by atoms with van der Waals surface area (Å²) in [6.07, 6.45) is 9.14. The number of nitrogens with one attached hydrogen (secondary N) is 2. The number of rotatable bonds is 9. The maximum Gasteiger partial charge on any atom is 0.248 e. The zero-order chi connectivity index (χ0) is 25.7. The Morgan fingerprint density at radius 2 is 2.03 bits per heavy atom. The molecule has 0 radical (unpaired) electrons. The predicted octanol–water partition coefficient (Wildman–Crippen LogP) is 6.32. The Morgan fingerprint density at radius 3 is 2.75 bits per heavy atom. The summed E-state index contributed by atoms with van der Waals surface area (Å²) in [6, 6.07) is 8.37. The Balaban J connectivity index is 1.64. The van der Waals surface area contributed by atoms with Gasteiger partial charge in [-0.15, -0.1) is 0 Å². The molecular weight excluding hydrogens is 481 g/mol. The van der Waals surface area contributed by atoms with Gasteiger partial charge in [-0.05, 0) is 70.8 Å². The topological polar surface area (TPSA) is 79.4 Å². The Morgan fingerprint density at radius 1 is 1.25 bits per heavy atom. The highest BCUT2D eigenvalue weighted by Gasteiger charge is 2.20. The fraction of sp³-hybridized carbons (Fsp3) is 0.370. The van der Waals surface area contributed by atoms with E-state index >= 15 is 0 Å². The number of ether oxygens (including phenoxy) is 1. The molecule has 0 atom stereocenters. The Kier molecular flexibility index (Phi) is 8.38. The summed E-state index contributed by atoms with van der Waals surface area (Å²) in [7, 11) is 2.01. The molecule has 0 unspecified atom stereocenters. The lowest BCUT2D eigenvalue weighted by Gasteiger charge is -2.19. The van der Waals surface area contributed by atoms with E-state index in [-0.39, 0.29) is 17.0 Å². The largest absolute Gasteiger partial charge is 0.488 e. The van der Waals surface area contributed by atoms with Crippen molar-refractivity contribution in [3.8, 4) is 5.75 Å². The first-order valence-corrected chi connectivity index (χ1v) is 12.5. The van der Waals surface area contributed by atoms with E-state index < -0.39 is 5.82 Å². The molecule has 36 heavy (non-hydrogen) atoms. The van der Waals surface area contributed by atoms with Crippen molar-refractivity contribution < 1.29 is 13.9 Å². The van der Waals surface area contributed by atoms with Crippen LogP contribution in [0.1, 0.15) is 39.5 Å². The van der Waals surface area contributed by atoms with E-state index in [1.54, 1.807) is 12.1 Å². The molecule has 0 saturated heterocycles. The van der Waals surface area contributed by atoms with Crippen molar-refractivity contribution in [1.82, 2.24) is 14.9 Å². The summed E-state index contributed by atoms with van der Waals surface area (Å²) in [5, 5.41) is 6.82. The fourth-order valence-corrected chi connectivity index (χ4v) is 4.17. The van der Waals surface area contributed by atoms with Crippen molar-refractivity contribution in [2.24, 2.45) is 0 Å². The van der Waals surface area contributed by atoms with Crippen molar-refractivity contribution >= 4 is 45.6 Å². The molecule has 1 aromatic heterocycles. The fourth-order valence-electron chi connectivity index (χ4n) is 3.99. The molecule has 0 aliphatic heterocycles. The second-order valence-corrected chi connectivity index (χ2v) is 9.70. The lowest BCUT2D eigenvalue weighted by molar-refractivity contribution is -0.111. The molecule has 1 saturated carbocycles. The van der Waals surface area contributed by atoms with Gasteiger partial charge < -0.3 is 20.3 Å². The molecule has 1 aliphatic rings. The zero-order valence-electron chi connectivity index (χ0n) is 20.7. The molecule has 7 nitrogen and oxygen atoms in total. The smallest absolute Gasteiger partial charge is 0.248 e. The average molecular weight is 512 g/mol. The summed E-state index contributed by atoms with van der Waals surface area (Å²) >= 11 is 5.94. The van der Waals surface area contributed by atoms with Gasteiger partial charge in [0.25, 0.3) is 0 Å². The highest BCUT2D eigenvalue weighted by atomic mass is 35.5. The lowest BCUT2D eigenvalue weighted by Crippen LogP contribution is -2.26. The van der Waals surface area contributed by atoms with Gasteiger partial charge in [0.15, 0.2) is 0 Å². The van der Waals surface area contributed by atoms with Gasteiger partial charge >= 0.3 is 0 Å². The van der Waals surface area contributed by atoms with Crippen LogP contribution in [0.15, 0.2) is 48.8 Å². The standard InChI is InChI=1S/C27H31ClFN5O2/c1-17(2)34(3)12-6-9-26(35)33-24-14-20-23(15-25(24)36-19-7-4-5-8-19)30-16-31-27(20)32-18-10-11-22(29)21(28)13-18/h6,9-11,13-17,19H,4-5,7-8,12H2,1-3H3,(H,33,35)(H,30,31,32)/b9-6+. The third-order valence-corrected chi connectivity index (χ3v) is 6.61. The highest BCUT2D eigenvalue weighted by Crippen LogP contribution is 2.36. The number of benzene rings is 2. The average Bonchev–Trinajstić information content (AvgIpc) is 3.35. The van der Waals surface area contributed by atoms with Crippen LogP contribution in [0, 0.1) is 5.82 Å². The number of hydrogen-bond acceptors (Lipinski definition) is 6. The van der Waals surface area contributed by atoms with Crippen LogP contribution in [0.4, 0.5) is 21.6 Å². The number of hydrogen-bond donors (Lipinski definition) is 2. The van der Waals surface area contributed by atoms with E-state index in [1.807, 2.05) is 19.2 Å². The number of likely N-dealkylation sites (N-methyl/N-ethyl adjacent to an activating group) is 1. The second-order valence-electron chi connectivity index (χ2n) is 9.29. The first-order valence-electron chi connectivity index (χ1n) is 12.2. The number of carbonyl (C=O) groups excluding carboxylic acids is 1. The van der Waals surface area contributed by atoms with Crippen LogP contribution >= 0.6 is 11.6 Å². The number of halogens is 2. The number of nitrogens with zero attached hydrogens (tertiary/aromatic N) is 3. The van der Waals surface area contributed by atoms with Crippen molar-refractivity contribution in [1.29, 1.82) is 0 Å². The number of aromatic nitrogens is 2. The Hall–Kier alpha value is -3.23. The third kappa shape index (κ3) is 6.50. The van der Waals surface area contributed by atoms with Crippen LogP contribution in [-0.4, -0.2) is 46.5 Å². The van der Waals surface area contributed by atoms with Gasteiger partial charge in [-0.2, -0.15) is 0 Å². The van der Waals surface area contributed by atoms with Gasteiger partial charge in [0.1, 0.15) is 23.7 Å². The van der Waals surface area contributed by atoms with Gasteiger partial charge in [0.05, 0.1) is 22.3 Å². The number of fused-ring (bicyclic) bond motifs is 1. The van der Waals surface area contributed by atoms with Crippen molar-refractivity contribution in [2.45, 2.75) is 51.7 Å². The van der Waals surface area contributed by atoms with Gasteiger partial charge in [-0.3, -0.25) is 4.79 Å². The first kappa shape index (κ1) is 25.9. The van der Waals surface area contributed by atoms with Gasteiger partial charge in [-0.25, -0.2) is 14.4 Å². The molecule has 190 valence electrons. The molecular formula is C27H31ClFN5O2. The summed E-state index contributed by atoms with van der Waals surface area (Å²) < 4.78 is 19.9. The van der Waals surface area contributed by atoms with Crippen LogP contribution in [0.2, 0.25) is 5.02 Å². The van der Waals surface area contributed by atoms with Crippen LogP contribution in [0.25, 0.3) is 10.9 Å². The molecule has 1 fully saturated rings. The molecule has 0 bridgehead atoms. The van der Waals surface area contributed by atoms with E-state index in [4.69, 9.17) is 16.3 Å². The summed E-state index contributed by atoms with van der Waals surface area (Å²) in [6.45, 7) is 4.86. The molecule has 3 aromatic rings. The van der Waals surface area contributed by atoms with Crippen LogP contribution in [0.3, 0.4) is 0 Å². The highest BCUT2D eigenvalue weighted by molar-refractivity contribution is 6.31. The van der Waals surface area contributed by atoms with Gasteiger partial charge in [-0.1, -0.05) is 17.7 Å². The summed E-state index contributed by atoms with van der Waals surface area (Å²) in [5.41, 5.74) is 1.77. The predicted molar refractivity (Wildman–Crippen MR) is 143 cm³/mol. The van der Waals surface area contributed by atoms with Crippen molar-refractivity contribution in [3.63, 3.8) is 0 Å². The summed E-state index contributed by atoms with van der Waals surface area (Å²) in [4.78, 5) is 23.7. The Bertz CT molecular complexity index is 1260. The van der Waals surface area contributed by atoms with Crippen LogP contribution in [0.5, 0.6) is 5.75 Å². The van der Waals surface area contributed by atoms with E-state index in [0.29, 0.717) is 46.4 Å². The van der Waals surface area contributed by atoms with E-state index in [0.717, 1.165) is 25.7 Å². The molecule has 1 amide bonds. The number of anilines is 3. The van der Waals surface area contributed by atoms with E-state index in [9.17, 15) is 9.18 Å². The van der Waals surface area contributed by atoms with Crippen molar-refractivity contribution in [2.75, 3.05) is 24.2 Å². The third-order valence-electron chi connectivity index (χ3n) is 6.32. The maximum absolute atomic E-state index is 13.6. The van der Waals surface area contributed by atoms with E-state index in [1.165, 1.54) is 24.5 Å². The summed E-state index contributed by atoms with van der Waals surface area (Å²) in [5.74, 6) is 0.324. The second kappa shape index (κ2) is 11.7. The number of amides is 1. The molecule has 1 heterocycles. The number of carbonyl (C=O) groups is 1. The quantitative estimate of drug-likeness (QED) is 0.327.